The van der Waals surface area contributed by atoms with E-state index < -0.39 is 5.54 Å². The van der Waals surface area contributed by atoms with Crippen LogP contribution in [0.5, 0.6) is 0 Å². The molecule has 0 aromatic rings. The second-order valence-corrected chi connectivity index (χ2v) is 4.35. The zero-order valence-corrected chi connectivity index (χ0v) is 9.33. The summed E-state index contributed by atoms with van der Waals surface area (Å²) in [4.78, 5) is 25.0. The molecule has 0 fully saturated rings. The van der Waals surface area contributed by atoms with Gasteiger partial charge in [-0.15, -0.1) is 0 Å². The molecule has 15 heavy (non-hydrogen) atoms. The fourth-order valence-electron chi connectivity index (χ4n) is 1.57. The first-order valence-electron chi connectivity index (χ1n) is 4.72. The first-order chi connectivity index (χ1) is 6.84. The number of nitrogens with zero attached hydrogens (tertiary/aromatic N) is 1. The van der Waals surface area contributed by atoms with Crippen molar-refractivity contribution in [3.8, 4) is 0 Å². The highest BCUT2D eigenvalue weighted by Gasteiger charge is 2.41. The highest BCUT2D eigenvalue weighted by atomic mass is 16.2. The molecule has 0 aromatic heterocycles. The van der Waals surface area contributed by atoms with E-state index >= 15 is 0 Å². The van der Waals surface area contributed by atoms with Crippen LogP contribution in [0, 0.1) is 0 Å². The van der Waals surface area contributed by atoms with E-state index in [0.29, 0.717) is 11.1 Å². The van der Waals surface area contributed by atoms with Gasteiger partial charge in [0, 0.05) is 5.54 Å². The van der Waals surface area contributed by atoms with Crippen molar-refractivity contribution in [3.63, 3.8) is 0 Å². The number of hydrogen-bond acceptors (Lipinski definition) is 2. The zero-order valence-electron chi connectivity index (χ0n) is 9.33. The summed E-state index contributed by atoms with van der Waals surface area (Å²) < 4.78 is 0. The molecule has 0 spiro atoms. The molecule has 0 N–H and O–H groups in total. The van der Waals surface area contributed by atoms with E-state index in [9.17, 15) is 9.59 Å². The maximum absolute atomic E-state index is 11.9. The standard InChI is InChI=1S/C12H15NO2/c1-6-8-9(7-2)11(15)13(10(8)14)12(3,4)5/h6-7H,1-2H2,3-5H3. The van der Waals surface area contributed by atoms with Crippen molar-refractivity contribution in [3.05, 3.63) is 36.5 Å². The Kier molecular flexibility index (Phi) is 2.67. The second kappa shape index (κ2) is 3.50. The molecule has 1 rings (SSSR count). The normalized spacial score (nSPS) is 17.4. The molecule has 0 aliphatic carbocycles. The molecule has 2 amide bonds. The van der Waals surface area contributed by atoms with Crippen molar-refractivity contribution in [2.75, 3.05) is 0 Å². The van der Waals surface area contributed by atoms with Crippen LogP contribution in [0.3, 0.4) is 0 Å². The molecular formula is C12H15NO2. The van der Waals surface area contributed by atoms with Gasteiger partial charge in [0.15, 0.2) is 0 Å². The summed E-state index contributed by atoms with van der Waals surface area (Å²) in [5, 5.41) is 0. The van der Waals surface area contributed by atoms with Crippen LogP contribution in [0.1, 0.15) is 20.8 Å². The van der Waals surface area contributed by atoms with Crippen LogP contribution in [-0.4, -0.2) is 22.3 Å². The highest BCUT2D eigenvalue weighted by molar-refractivity contribution is 6.22. The number of hydrogen-bond donors (Lipinski definition) is 0. The summed E-state index contributed by atoms with van der Waals surface area (Å²) in [5.74, 6) is -0.588. The molecular weight excluding hydrogens is 190 g/mol. The van der Waals surface area contributed by atoms with E-state index in [1.54, 1.807) is 0 Å². The van der Waals surface area contributed by atoms with Gasteiger partial charge in [0.2, 0.25) is 0 Å². The molecule has 1 aliphatic heterocycles. The van der Waals surface area contributed by atoms with Gasteiger partial charge in [-0.3, -0.25) is 14.5 Å². The van der Waals surface area contributed by atoms with E-state index in [-0.39, 0.29) is 11.8 Å². The lowest BCUT2D eigenvalue weighted by Gasteiger charge is -2.30. The minimum Gasteiger partial charge on any atom is -0.269 e. The summed E-state index contributed by atoms with van der Waals surface area (Å²) in [6.07, 6.45) is 2.81. The van der Waals surface area contributed by atoms with Gasteiger partial charge in [-0.25, -0.2) is 0 Å². The molecule has 0 atom stereocenters. The van der Waals surface area contributed by atoms with Crippen molar-refractivity contribution in [2.24, 2.45) is 0 Å². The zero-order chi connectivity index (χ0) is 11.8. The van der Waals surface area contributed by atoms with Crippen LogP contribution in [0.2, 0.25) is 0 Å². The third-order valence-corrected chi connectivity index (χ3v) is 2.24. The average Bonchev–Trinajstić information content (AvgIpc) is 2.35. The van der Waals surface area contributed by atoms with Crippen molar-refractivity contribution in [1.29, 1.82) is 0 Å². The summed E-state index contributed by atoms with van der Waals surface area (Å²) >= 11 is 0. The van der Waals surface area contributed by atoms with Crippen LogP contribution >= 0.6 is 0 Å². The Morgan fingerprint density at radius 1 is 1.00 bits per heavy atom. The van der Waals surface area contributed by atoms with Crippen molar-refractivity contribution in [1.82, 2.24) is 4.90 Å². The minimum absolute atomic E-state index is 0.294. The van der Waals surface area contributed by atoms with E-state index in [2.05, 4.69) is 13.2 Å². The quantitative estimate of drug-likeness (QED) is 0.645. The van der Waals surface area contributed by atoms with Gasteiger partial charge in [-0.1, -0.05) is 25.3 Å². The largest absolute Gasteiger partial charge is 0.269 e. The van der Waals surface area contributed by atoms with Crippen LogP contribution in [0.15, 0.2) is 36.5 Å². The van der Waals surface area contributed by atoms with E-state index in [0.717, 1.165) is 0 Å². The molecule has 80 valence electrons. The van der Waals surface area contributed by atoms with Crippen LogP contribution in [0.4, 0.5) is 0 Å². The minimum atomic E-state index is -0.521. The van der Waals surface area contributed by atoms with Gasteiger partial charge >= 0.3 is 0 Å². The topological polar surface area (TPSA) is 37.4 Å². The summed E-state index contributed by atoms with van der Waals surface area (Å²) in [5.41, 5.74) is 0.155. The van der Waals surface area contributed by atoms with Crippen molar-refractivity contribution < 1.29 is 9.59 Å². The Morgan fingerprint density at radius 2 is 1.33 bits per heavy atom. The average molecular weight is 205 g/mol. The van der Waals surface area contributed by atoms with Gasteiger partial charge in [0.1, 0.15) is 0 Å². The number of carbonyl (C=O) groups excluding carboxylic acids is 2. The molecule has 3 nitrogen and oxygen atoms in total. The lowest BCUT2D eigenvalue weighted by Crippen LogP contribution is -2.46. The van der Waals surface area contributed by atoms with Gasteiger partial charge in [0.05, 0.1) is 11.1 Å². The Bertz CT molecular complexity index is 353. The molecule has 0 saturated carbocycles. The molecule has 1 aliphatic rings. The van der Waals surface area contributed by atoms with Crippen molar-refractivity contribution >= 4 is 11.8 Å². The SMILES string of the molecule is C=CC1=C(C=C)C(=O)N(C(C)(C)C)C1=O. The Morgan fingerprint density at radius 3 is 1.53 bits per heavy atom. The van der Waals surface area contributed by atoms with Crippen LogP contribution < -0.4 is 0 Å². The third-order valence-electron chi connectivity index (χ3n) is 2.24. The van der Waals surface area contributed by atoms with E-state index in [1.165, 1.54) is 17.1 Å². The lowest BCUT2D eigenvalue weighted by molar-refractivity contribution is -0.142. The Balaban J connectivity index is 3.28. The summed E-state index contributed by atoms with van der Waals surface area (Å²) in [7, 11) is 0. The smallest absolute Gasteiger partial charge is 0.262 e. The van der Waals surface area contributed by atoms with Gasteiger partial charge in [-0.2, -0.15) is 0 Å². The maximum atomic E-state index is 11.9. The van der Waals surface area contributed by atoms with Gasteiger partial charge < -0.3 is 0 Å². The van der Waals surface area contributed by atoms with E-state index in [4.69, 9.17) is 0 Å². The predicted molar refractivity (Wildman–Crippen MR) is 59.0 cm³/mol. The van der Waals surface area contributed by atoms with Gasteiger partial charge in [0.25, 0.3) is 11.8 Å². The van der Waals surface area contributed by atoms with E-state index in [1.807, 2.05) is 20.8 Å². The number of imide groups is 1. The summed E-state index contributed by atoms with van der Waals surface area (Å²) in [6.45, 7) is 12.5. The number of carbonyl (C=O) groups is 2. The number of rotatable bonds is 2. The monoisotopic (exact) mass is 205 g/mol. The molecule has 0 bridgehead atoms. The maximum Gasteiger partial charge on any atom is 0.262 e. The second-order valence-electron chi connectivity index (χ2n) is 4.35. The highest BCUT2D eigenvalue weighted by Crippen LogP contribution is 2.28. The first kappa shape index (κ1) is 11.4. The molecule has 0 unspecified atom stereocenters. The van der Waals surface area contributed by atoms with Gasteiger partial charge in [-0.05, 0) is 20.8 Å². The Labute approximate surface area is 89.8 Å². The fraction of sp³-hybridized carbons (Fsp3) is 0.333. The predicted octanol–water partition coefficient (Wildman–Crippen LogP) is 1.82. The molecule has 1 heterocycles. The fourth-order valence-corrected chi connectivity index (χ4v) is 1.57. The lowest BCUT2D eigenvalue weighted by atomic mass is 10.1. The molecule has 0 saturated heterocycles. The number of amides is 2. The summed E-state index contributed by atoms with van der Waals surface area (Å²) in [6, 6.07) is 0. The van der Waals surface area contributed by atoms with Crippen LogP contribution in [0.25, 0.3) is 0 Å². The Hall–Kier alpha value is -1.64. The molecule has 0 radical (unpaired) electrons. The first-order valence-corrected chi connectivity index (χ1v) is 4.72. The third kappa shape index (κ3) is 1.65. The molecule has 3 heteroatoms. The van der Waals surface area contributed by atoms with Crippen molar-refractivity contribution in [2.45, 2.75) is 26.3 Å². The molecule has 0 aromatic carbocycles. The van der Waals surface area contributed by atoms with Crippen LogP contribution in [-0.2, 0) is 9.59 Å².